The van der Waals surface area contributed by atoms with Crippen LogP contribution in [-0.4, -0.2) is 4.98 Å². The molecule has 0 aliphatic rings. The van der Waals surface area contributed by atoms with Crippen LogP contribution in [0.2, 0.25) is 0 Å². The number of nitrogens with zero attached hydrogens (tertiary/aromatic N) is 1. The van der Waals surface area contributed by atoms with Crippen molar-refractivity contribution in [2.45, 2.75) is 26.2 Å². The lowest BCUT2D eigenvalue weighted by atomic mass is 9.86. The molecule has 2 nitrogen and oxygen atoms in total. The largest absolute Gasteiger partial charge is 0.383 e. The van der Waals surface area contributed by atoms with Gasteiger partial charge in [-0.05, 0) is 23.6 Å². The number of rotatable bonds is 0. The van der Waals surface area contributed by atoms with Crippen molar-refractivity contribution < 1.29 is 4.39 Å². The highest BCUT2D eigenvalue weighted by molar-refractivity contribution is 9.10. The summed E-state index contributed by atoms with van der Waals surface area (Å²) in [4.78, 5) is 4.16. The zero-order valence-corrected chi connectivity index (χ0v) is 11.6. The van der Waals surface area contributed by atoms with E-state index in [-0.39, 0.29) is 11.2 Å². The van der Waals surface area contributed by atoms with Crippen LogP contribution >= 0.6 is 15.9 Å². The Hall–Kier alpha value is -1.16. The zero-order chi connectivity index (χ0) is 12.8. The van der Waals surface area contributed by atoms with E-state index in [0.717, 1.165) is 10.9 Å². The van der Waals surface area contributed by atoms with E-state index < -0.39 is 0 Å². The molecule has 4 heteroatoms. The molecule has 2 aromatic rings. The van der Waals surface area contributed by atoms with Crippen molar-refractivity contribution in [3.8, 4) is 0 Å². The summed E-state index contributed by atoms with van der Waals surface area (Å²) in [6.07, 6.45) is 0. The number of aromatic nitrogens is 1. The molecule has 0 atom stereocenters. The van der Waals surface area contributed by atoms with Gasteiger partial charge in [0, 0.05) is 15.4 Å². The number of anilines is 1. The van der Waals surface area contributed by atoms with Crippen molar-refractivity contribution in [3.63, 3.8) is 0 Å². The highest BCUT2D eigenvalue weighted by Crippen LogP contribution is 2.31. The van der Waals surface area contributed by atoms with Crippen LogP contribution in [0.5, 0.6) is 0 Å². The summed E-state index contributed by atoms with van der Waals surface area (Å²) < 4.78 is 14.4. The molecular formula is C13H14BrFN2. The number of hydrogen-bond acceptors (Lipinski definition) is 2. The lowest BCUT2D eigenvalue weighted by molar-refractivity contribution is 0.590. The van der Waals surface area contributed by atoms with Gasteiger partial charge in [-0.2, -0.15) is 0 Å². The lowest BCUT2D eigenvalue weighted by Gasteiger charge is -2.21. The second kappa shape index (κ2) is 3.95. The molecule has 0 saturated heterocycles. The van der Waals surface area contributed by atoms with Crippen LogP contribution in [0, 0.1) is 5.82 Å². The molecule has 0 amide bonds. The van der Waals surface area contributed by atoms with Gasteiger partial charge in [0.15, 0.2) is 5.82 Å². The van der Waals surface area contributed by atoms with Crippen LogP contribution in [0.1, 0.15) is 26.3 Å². The predicted octanol–water partition coefficient (Wildman–Crippen LogP) is 4.02. The topological polar surface area (TPSA) is 38.9 Å². The molecule has 17 heavy (non-hydrogen) atoms. The molecule has 1 aromatic carbocycles. The third-order valence-electron chi connectivity index (χ3n) is 2.67. The first-order valence-corrected chi connectivity index (χ1v) is 6.14. The van der Waals surface area contributed by atoms with Gasteiger partial charge in [-0.1, -0.05) is 36.7 Å². The van der Waals surface area contributed by atoms with Crippen LogP contribution in [0.15, 0.2) is 22.7 Å². The van der Waals surface area contributed by atoms with Crippen molar-refractivity contribution in [2.24, 2.45) is 0 Å². The minimum atomic E-state index is -0.360. The Labute approximate surface area is 108 Å². The molecule has 0 fully saturated rings. The first-order valence-electron chi connectivity index (χ1n) is 5.35. The van der Waals surface area contributed by atoms with Gasteiger partial charge in [-0.3, -0.25) is 0 Å². The summed E-state index contributed by atoms with van der Waals surface area (Å²) in [6.45, 7) is 6.17. The summed E-state index contributed by atoms with van der Waals surface area (Å²) in [7, 11) is 0. The molecule has 0 aliphatic carbocycles. The minimum absolute atomic E-state index is 0.107. The number of fused-ring (bicyclic) bond motifs is 1. The molecule has 1 aromatic heterocycles. The van der Waals surface area contributed by atoms with Gasteiger partial charge in [0.2, 0.25) is 0 Å². The summed E-state index contributed by atoms with van der Waals surface area (Å²) in [6, 6.07) is 5.15. The van der Waals surface area contributed by atoms with Crippen molar-refractivity contribution in [1.29, 1.82) is 0 Å². The van der Waals surface area contributed by atoms with Crippen molar-refractivity contribution in [2.75, 3.05) is 5.73 Å². The standard InChI is InChI=1S/C13H14BrFN2/c1-13(2,3)9-5-7-4-8(14)6-10(15)11(7)17-12(9)16/h4-6H,1-3H3,(H2,16,17). The van der Waals surface area contributed by atoms with Gasteiger partial charge >= 0.3 is 0 Å². The number of pyridine rings is 1. The highest BCUT2D eigenvalue weighted by atomic mass is 79.9. The molecule has 1 heterocycles. The third kappa shape index (κ3) is 2.27. The summed E-state index contributed by atoms with van der Waals surface area (Å²) in [5.41, 5.74) is 7.03. The van der Waals surface area contributed by atoms with E-state index in [0.29, 0.717) is 15.8 Å². The molecule has 0 bridgehead atoms. The van der Waals surface area contributed by atoms with Crippen molar-refractivity contribution >= 4 is 32.7 Å². The van der Waals surface area contributed by atoms with Crippen LogP contribution in [0.3, 0.4) is 0 Å². The molecule has 0 aliphatic heterocycles. The maximum atomic E-state index is 13.7. The van der Waals surface area contributed by atoms with Gasteiger partial charge in [0.05, 0.1) is 0 Å². The molecule has 90 valence electrons. The fourth-order valence-corrected chi connectivity index (χ4v) is 2.27. The molecular weight excluding hydrogens is 283 g/mol. The van der Waals surface area contributed by atoms with Gasteiger partial charge in [-0.15, -0.1) is 0 Å². The average Bonchev–Trinajstić information content (AvgIpc) is 2.16. The average molecular weight is 297 g/mol. The molecule has 0 unspecified atom stereocenters. The van der Waals surface area contributed by atoms with E-state index in [1.807, 2.05) is 12.1 Å². The summed E-state index contributed by atoms with van der Waals surface area (Å²) in [5, 5.41) is 0.760. The van der Waals surface area contributed by atoms with E-state index in [1.165, 1.54) is 6.07 Å². The lowest BCUT2D eigenvalue weighted by Crippen LogP contribution is -2.15. The number of nitrogens with two attached hydrogens (primary N) is 1. The van der Waals surface area contributed by atoms with Crippen molar-refractivity contribution in [3.05, 3.63) is 34.1 Å². The Kier molecular flexibility index (Phi) is 2.86. The summed E-state index contributed by atoms with van der Waals surface area (Å²) >= 11 is 3.28. The highest BCUT2D eigenvalue weighted by Gasteiger charge is 2.19. The number of halogens is 2. The smallest absolute Gasteiger partial charge is 0.150 e. The molecule has 0 radical (unpaired) electrons. The zero-order valence-electron chi connectivity index (χ0n) is 10.0. The minimum Gasteiger partial charge on any atom is -0.383 e. The van der Waals surface area contributed by atoms with Gasteiger partial charge in [-0.25, -0.2) is 9.37 Å². The van der Waals surface area contributed by atoms with Gasteiger partial charge in [0.1, 0.15) is 11.3 Å². The number of benzene rings is 1. The van der Waals surface area contributed by atoms with E-state index in [4.69, 9.17) is 5.73 Å². The Morgan fingerprint density at radius 1 is 1.24 bits per heavy atom. The quantitative estimate of drug-likeness (QED) is 0.797. The van der Waals surface area contributed by atoms with E-state index in [9.17, 15) is 4.39 Å². The molecule has 0 spiro atoms. The Morgan fingerprint density at radius 3 is 2.47 bits per heavy atom. The maximum Gasteiger partial charge on any atom is 0.150 e. The Balaban J connectivity index is 2.81. The molecule has 0 saturated carbocycles. The SMILES string of the molecule is CC(C)(C)c1cc2cc(Br)cc(F)c2nc1N. The number of hydrogen-bond donors (Lipinski definition) is 1. The fraction of sp³-hybridized carbons (Fsp3) is 0.308. The third-order valence-corrected chi connectivity index (χ3v) is 3.13. The van der Waals surface area contributed by atoms with Gasteiger partial charge in [0.25, 0.3) is 0 Å². The maximum absolute atomic E-state index is 13.7. The second-order valence-electron chi connectivity index (χ2n) is 5.13. The van der Waals surface area contributed by atoms with Crippen LogP contribution < -0.4 is 5.73 Å². The first-order chi connectivity index (χ1) is 7.79. The molecule has 2 N–H and O–H groups in total. The van der Waals surface area contributed by atoms with Crippen LogP contribution in [0.25, 0.3) is 10.9 Å². The van der Waals surface area contributed by atoms with Gasteiger partial charge < -0.3 is 5.73 Å². The molecule has 2 rings (SSSR count). The normalized spacial score (nSPS) is 12.1. The second-order valence-corrected chi connectivity index (χ2v) is 6.05. The predicted molar refractivity (Wildman–Crippen MR) is 72.5 cm³/mol. The fourth-order valence-electron chi connectivity index (χ4n) is 1.82. The Bertz CT molecular complexity index is 588. The van der Waals surface area contributed by atoms with Crippen LogP contribution in [0.4, 0.5) is 10.2 Å². The summed E-state index contributed by atoms with van der Waals surface area (Å²) in [5.74, 6) is 0.0350. The Morgan fingerprint density at radius 2 is 1.88 bits per heavy atom. The van der Waals surface area contributed by atoms with E-state index in [1.54, 1.807) is 0 Å². The monoisotopic (exact) mass is 296 g/mol. The van der Waals surface area contributed by atoms with Crippen LogP contribution in [-0.2, 0) is 5.41 Å². The first kappa shape index (κ1) is 12.3. The van der Waals surface area contributed by atoms with E-state index in [2.05, 4.69) is 41.7 Å². The van der Waals surface area contributed by atoms with Crippen molar-refractivity contribution in [1.82, 2.24) is 4.98 Å². The van der Waals surface area contributed by atoms with E-state index >= 15 is 0 Å². The number of nitrogen functional groups attached to an aromatic ring is 1.